The van der Waals surface area contributed by atoms with Crippen molar-refractivity contribution in [2.24, 2.45) is 5.10 Å². The molecule has 0 fully saturated rings. The Bertz CT molecular complexity index is 1300. The summed E-state index contributed by atoms with van der Waals surface area (Å²) in [5, 5.41) is 27.2. The molecule has 0 bridgehead atoms. The first-order chi connectivity index (χ1) is 15.3. The summed E-state index contributed by atoms with van der Waals surface area (Å²) in [6, 6.07) is 16.7. The standard InChI is InChI=1S/C20H14Cl2N8OS/c21-13-5-1-11(2-6-13)15(9-23)17(27-28-19-26-20(32)29-30(19)25)18(31)16(10-24)12-3-7-14(22)8-4-12/h1-8,15-16H,25H2,(H2,26,28,29,32)/b27-17-/t15-,16+/m1/s1. The van der Waals surface area contributed by atoms with E-state index in [9.17, 15) is 15.3 Å². The van der Waals surface area contributed by atoms with Crippen molar-refractivity contribution in [3.8, 4) is 12.1 Å². The van der Waals surface area contributed by atoms with Crippen LogP contribution in [0.2, 0.25) is 10.0 Å². The molecule has 0 aliphatic carbocycles. The number of halogens is 2. The molecule has 0 saturated carbocycles. The largest absolute Gasteiger partial charge is 0.321 e. The molecule has 2 atom stereocenters. The first-order valence-corrected chi connectivity index (χ1v) is 10.1. The van der Waals surface area contributed by atoms with Crippen LogP contribution in [-0.4, -0.2) is 26.4 Å². The second kappa shape index (κ2) is 10.1. The highest BCUT2D eigenvalue weighted by Crippen LogP contribution is 2.26. The zero-order valence-electron chi connectivity index (χ0n) is 16.2. The summed E-state index contributed by atoms with van der Waals surface area (Å²) in [5.74, 6) is 2.70. The van der Waals surface area contributed by atoms with Gasteiger partial charge in [-0.25, -0.2) is 5.43 Å². The van der Waals surface area contributed by atoms with Gasteiger partial charge in [-0.05, 0) is 47.6 Å². The van der Waals surface area contributed by atoms with Crippen LogP contribution in [0.25, 0.3) is 0 Å². The predicted molar refractivity (Wildman–Crippen MR) is 123 cm³/mol. The number of hydrogen-bond acceptors (Lipinski definition) is 8. The Morgan fingerprint density at radius 1 is 1.06 bits per heavy atom. The maximum Gasteiger partial charge on any atom is 0.261 e. The third-order valence-electron chi connectivity index (χ3n) is 4.38. The number of H-pyrrole nitrogens is 1. The van der Waals surface area contributed by atoms with E-state index in [0.717, 1.165) is 4.79 Å². The first kappa shape index (κ1) is 23.0. The van der Waals surface area contributed by atoms with Gasteiger partial charge in [0.05, 0.1) is 12.1 Å². The number of nitriles is 2. The van der Waals surface area contributed by atoms with Crippen LogP contribution in [0.3, 0.4) is 0 Å². The maximum absolute atomic E-state index is 13.4. The van der Waals surface area contributed by atoms with Crippen LogP contribution in [0.5, 0.6) is 0 Å². The van der Waals surface area contributed by atoms with Crippen LogP contribution in [-0.2, 0) is 4.79 Å². The van der Waals surface area contributed by atoms with E-state index in [-0.39, 0.29) is 16.4 Å². The summed E-state index contributed by atoms with van der Waals surface area (Å²) in [5.41, 5.74) is 3.19. The van der Waals surface area contributed by atoms with E-state index in [1.54, 1.807) is 48.5 Å². The minimum atomic E-state index is -1.23. The number of hydrogen-bond donors (Lipinski definition) is 3. The fraction of sp³-hybridized carbons (Fsp3) is 0.100. The minimum Gasteiger partial charge on any atom is -0.321 e. The molecule has 0 aliphatic rings. The molecule has 32 heavy (non-hydrogen) atoms. The maximum atomic E-state index is 13.4. The lowest BCUT2D eigenvalue weighted by molar-refractivity contribution is -0.113. The zero-order valence-corrected chi connectivity index (χ0v) is 18.5. The van der Waals surface area contributed by atoms with Gasteiger partial charge in [-0.1, -0.05) is 47.5 Å². The smallest absolute Gasteiger partial charge is 0.261 e. The van der Waals surface area contributed by atoms with Gasteiger partial charge in [0.15, 0.2) is 0 Å². The second-order valence-corrected chi connectivity index (χ2v) is 7.68. The fourth-order valence-electron chi connectivity index (χ4n) is 2.82. The van der Waals surface area contributed by atoms with Crippen molar-refractivity contribution in [1.29, 1.82) is 10.5 Å². The molecule has 2 aromatic carbocycles. The Balaban J connectivity index is 2.07. The molecule has 0 radical (unpaired) electrons. The summed E-state index contributed by atoms with van der Waals surface area (Å²) in [6.07, 6.45) is 0. The molecule has 0 spiro atoms. The number of benzene rings is 2. The Kier molecular flexibility index (Phi) is 7.23. The number of Topliss-reactive ketones (excluding diaryl/α,β-unsaturated/α-hetero) is 1. The number of carbonyl (C=O) groups is 1. The number of rotatable bonds is 7. The topological polar surface area (TPSA) is 149 Å². The molecule has 3 aromatic rings. The van der Waals surface area contributed by atoms with Crippen LogP contribution in [0.15, 0.2) is 53.6 Å². The molecule has 12 heteroatoms. The van der Waals surface area contributed by atoms with Crippen LogP contribution < -0.4 is 11.3 Å². The third kappa shape index (κ3) is 5.13. The van der Waals surface area contributed by atoms with E-state index in [1.807, 2.05) is 6.07 Å². The molecule has 160 valence electrons. The van der Waals surface area contributed by atoms with Crippen molar-refractivity contribution in [3.05, 3.63) is 74.5 Å². The number of nitrogen functional groups attached to an aromatic ring is 1. The quantitative estimate of drug-likeness (QED) is 0.199. The van der Waals surface area contributed by atoms with Crippen molar-refractivity contribution in [2.75, 3.05) is 11.3 Å². The van der Waals surface area contributed by atoms with E-state index in [0.29, 0.717) is 21.2 Å². The summed E-state index contributed by atoms with van der Waals surface area (Å²) in [7, 11) is 0. The van der Waals surface area contributed by atoms with Gasteiger partial charge in [0.2, 0.25) is 10.6 Å². The molecular weight excluding hydrogens is 471 g/mol. The molecule has 0 amide bonds. The molecule has 1 heterocycles. The SMILES string of the molecule is N#C[C@H](C(=O)/C(=N\Nc1nc(=S)[nH]n1N)[C@H](C#N)c1ccc(Cl)cc1)c1ccc(Cl)cc1. The molecule has 4 N–H and O–H groups in total. The molecule has 1 aromatic heterocycles. The summed E-state index contributed by atoms with van der Waals surface area (Å²) in [6.45, 7) is 0. The molecule has 9 nitrogen and oxygen atoms in total. The highest BCUT2D eigenvalue weighted by Gasteiger charge is 2.32. The Labute approximate surface area is 197 Å². The first-order valence-electron chi connectivity index (χ1n) is 8.96. The lowest BCUT2D eigenvalue weighted by atomic mass is 9.86. The number of anilines is 1. The number of carbonyl (C=O) groups excluding carboxylic acids is 1. The number of nitrogens with zero attached hydrogens (tertiary/aromatic N) is 5. The Morgan fingerprint density at radius 3 is 2.00 bits per heavy atom. The average Bonchev–Trinajstić information content (AvgIpc) is 3.10. The van der Waals surface area contributed by atoms with E-state index >= 15 is 0 Å². The van der Waals surface area contributed by atoms with Crippen LogP contribution in [0.1, 0.15) is 23.0 Å². The average molecular weight is 485 g/mol. The van der Waals surface area contributed by atoms with E-state index < -0.39 is 17.6 Å². The van der Waals surface area contributed by atoms with Crippen molar-refractivity contribution in [3.63, 3.8) is 0 Å². The van der Waals surface area contributed by atoms with Crippen molar-refractivity contribution < 1.29 is 4.79 Å². The zero-order chi connectivity index (χ0) is 23.3. The second-order valence-electron chi connectivity index (χ2n) is 6.42. The van der Waals surface area contributed by atoms with Crippen molar-refractivity contribution >= 4 is 52.9 Å². The van der Waals surface area contributed by atoms with Gasteiger partial charge in [0.1, 0.15) is 17.5 Å². The lowest BCUT2D eigenvalue weighted by Gasteiger charge is -2.16. The third-order valence-corrected chi connectivity index (χ3v) is 5.07. The lowest BCUT2D eigenvalue weighted by Crippen LogP contribution is -2.28. The van der Waals surface area contributed by atoms with Gasteiger partial charge >= 0.3 is 0 Å². The number of hydrazone groups is 1. The summed E-state index contributed by atoms with van der Waals surface area (Å²) >= 11 is 16.8. The number of aromatic nitrogens is 3. The van der Waals surface area contributed by atoms with Gasteiger partial charge in [-0.3, -0.25) is 9.89 Å². The highest BCUT2D eigenvalue weighted by molar-refractivity contribution is 7.71. The monoisotopic (exact) mass is 484 g/mol. The van der Waals surface area contributed by atoms with Gasteiger partial charge in [-0.2, -0.15) is 25.4 Å². The fourth-order valence-corrected chi connectivity index (χ4v) is 3.26. The van der Waals surface area contributed by atoms with E-state index in [1.165, 1.54) is 0 Å². The Morgan fingerprint density at radius 2 is 1.56 bits per heavy atom. The number of ketones is 1. The summed E-state index contributed by atoms with van der Waals surface area (Å²) < 4.78 is 0.0867. The molecular formula is C20H14Cl2N8OS. The van der Waals surface area contributed by atoms with Gasteiger partial charge in [0, 0.05) is 10.0 Å². The minimum absolute atomic E-state index is 0.00750. The number of nitrogens with one attached hydrogen (secondary N) is 2. The van der Waals surface area contributed by atoms with Gasteiger partial charge in [0.25, 0.3) is 5.95 Å². The van der Waals surface area contributed by atoms with Crippen LogP contribution in [0.4, 0.5) is 5.95 Å². The van der Waals surface area contributed by atoms with E-state index in [4.69, 9.17) is 41.3 Å². The van der Waals surface area contributed by atoms with Crippen LogP contribution in [0, 0.1) is 27.4 Å². The predicted octanol–water partition coefficient (Wildman–Crippen LogP) is 3.91. The van der Waals surface area contributed by atoms with Crippen molar-refractivity contribution in [2.45, 2.75) is 11.8 Å². The number of nitrogens with two attached hydrogens (primary N) is 1. The Hall–Kier alpha value is -3.70. The highest BCUT2D eigenvalue weighted by atomic mass is 35.5. The molecule has 3 rings (SSSR count). The molecule has 0 unspecified atom stereocenters. The molecule has 0 aliphatic heterocycles. The molecule has 0 saturated heterocycles. The number of aromatic amines is 1. The van der Waals surface area contributed by atoms with Gasteiger partial charge < -0.3 is 5.84 Å². The normalized spacial score (nSPS) is 12.9. The summed E-state index contributed by atoms with van der Waals surface area (Å²) in [4.78, 5) is 18.3. The van der Waals surface area contributed by atoms with Crippen LogP contribution >= 0.6 is 35.4 Å². The van der Waals surface area contributed by atoms with Gasteiger partial charge in [-0.15, -0.1) is 0 Å². The van der Waals surface area contributed by atoms with E-state index in [2.05, 4.69) is 26.7 Å². The van der Waals surface area contributed by atoms with Crippen molar-refractivity contribution in [1.82, 2.24) is 14.9 Å².